The van der Waals surface area contributed by atoms with E-state index in [2.05, 4.69) is 31.7 Å². The van der Waals surface area contributed by atoms with E-state index in [0.29, 0.717) is 16.8 Å². The number of hydrogen-bond acceptors (Lipinski definition) is 7. The number of benzene rings is 3. The smallest absolute Gasteiger partial charge is 0.339 e. The summed E-state index contributed by atoms with van der Waals surface area (Å²) in [4.78, 5) is 29.4. The molecular formula is C31H26N6O3. The summed E-state index contributed by atoms with van der Waals surface area (Å²) in [7, 11) is 3.24. The largest absolute Gasteiger partial charge is 0.465 e. The van der Waals surface area contributed by atoms with Crippen LogP contribution < -0.4 is 10.9 Å². The maximum absolute atomic E-state index is 12.4. The van der Waals surface area contributed by atoms with Crippen molar-refractivity contribution in [3.8, 4) is 22.4 Å². The van der Waals surface area contributed by atoms with Crippen LogP contribution in [0.15, 0.2) is 90.1 Å². The van der Waals surface area contributed by atoms with Crippen LogP contribution >= 0.6 is 0 Å². The Morgan fingerprint density at radius 2 is 1.82 bits per heavy atom. The Labute approximate surface area is 229 Å². The van der Waals surface area contributed by atoms with Crippen LogP contribution in [0, 0.1) is 0 Å². The van der Waals surface area contributed by atoms with Gasteiger partial charge in [0.2, 0.25) is 0 Å². The molecule has 1 atom stereocenters. The highest BCUT2D eigenvalue weighted by molar-refractivity contribution is 6.13. The zero-order valence-corrected chi connectivity index (χ0v) is 22.2. The van der Waals surface area contributed by atoms with Gasteiger partial charge in [0.1, 0.15) is 0 Å². The van der Waals surface area contributed by atoms with E-state index in [0.717, 1.165) is 44.1 Å². The Morgan fingerprint density at radius 3 is 2.58 bits per heavy atom. The van der Waals surface area contributed by atoms with Gasteiger partial charge in [0.15, 0.2) is 0 Å². The van der Waals surface area contributed by atoms with Gasteiger partial charge in [-0.25, -0.2) is 9.89 Å². The van der Waals surface area contributed by atoms with E-state index in [9.17, 15) is 9.59 Å². The monoisotopic (exact) mass is 530 g/mol. The number of anilines is 1. The molecule has 9 heteroatoms. The van der Waals surface area contributed by atoms with Gasteiger partial charge in [-0.05, 0) is 47.5 Å². The molecule has 0 radical (unpaired) electrons. The highest BCUT2D eigenvalue weighted by Gasteiger charge is 2.18. The van der Waals surface area contributed by atoms with Gasteiger partial charge in [0.05, 0.1) is 30.1 Å². The third-order valence-electron chi connectivity index (χ3n) is 7.03. The second-order valence-corrected chi connectivity index (χ2v) is 9.60. The van der Waals surface area contributed by atoms with Crippen molar-refractivity contribution in [2.24, 2.45) is 7.05 Å². The van der Waals surface area contributed by atoms with E-state index >= 15 is 0 Å². The second-order valence-electron chi connectivity index (χ2n) is 9.60. The van der Waals surface area contributed by atoms with E-state index in [1.807, 2.05) is 68.8 Å². The third-order valence-corrected chi connectivity index (χ3v) is 7.03. The van der Waals surface area contributed by atoms with E-state index in [1.54, 1.807) is 29.1 Å². The molecule has 0 bridgehead atoms. The zero-order chi connectivity index (χ0) is 27.8. The molecule has 0 aliphatic carbocycles. The second kappa shape index (κ2) is 10.1. The van der Waals surface area contributed by atoms with Crippen molar-refractivity contribution in [2.75, 3.05) is 12.4 Å². The molecule has 3 aromatic heterocycles. The Morgan fingerprint density at radius 1 is 0.975 bits per heavy atom. The Kier molecular flexibility index (Phi) is 6.31. The van der Waals surface area contributed by atoms with Crippen molar-refractivity contribution >= 4 is 33.3 Å². The average Bonchev–Trinajstić information content (AvgIpc) is 3.42. The van der Waals surface area contributed by atoms with Crippen molar-refractivity contribution in [1.29, 1.82) is 0 Å². The van der Waals surface area contributed by atoms with Crippen molar-refractivity contribution in [3.63, 3.8) is 0 Å². The predicted molar refractivity (Wildman–Crippen MR) is 155 cm³/mol. The van der Waals surface area contributed by atoms with Gasteiger partial charge < -0.3 is 10.1 Å². The first-order chi connectivity index (χ1) is 19.4. The van der Waals surface area contributed by atoms with Crippen LogP contribution in [-0.4, -0.2) is 38.0 Å². The third kappa shape index (κ3) is 4.47. The minimum absolute atomic E-state index is 0.180. The lowest BCUT2D eigenvalue weighted by atomic mass is 9.92. The Hall–Kier alpha value is -5.31. The Balaban J connectivity index is 1.49. The Bertz CT molecular complexity index is 1940. The summed E-state index contributed by atoms with van der Waals surface area (Å²) in [6, 6.07) is 20.7. The first-order valence-electron chi connectivity index (χ1n) is 12.8. The lowest BCUT2D eigenvalue weighted by molar-refractivity contribution is 0.0602. The number of carbonyl (C=O) groups excluding carboxylic acids is 1. The van der Waals surface area contributed by atoms with E-state index < -0.39 is 5.97 Å². The summed E-state index contributed by atoms with van der Waals surface area (Å²) >= 11 is 0. The van der Waals surface area contributed by atoms with E-state index in [4.69, 9.17) is 4.74 Å². The maximum Gasteiger partial charge on any atom is 0.339 e. The van der Waals surface area contributed by atoms with E-state index in [1.165, 1.54) is 7.11 Å². The first-order valence-corrected chi connectivity index (χ1v) is 12.8. The molecule has 0 spiro atoms. The van der Waals surface area contributed by atoms with Crippen LogP contribution in [0.2, 0.25) is 0 Å². The minimum Gasteiger partial charge on any atom is -0.465 e. The topological polar surface area (TPSA) is 115 Å². The van der Waals surface area contributed by atoms with Gasteiger partial charge in [-0.2, -0.15) is 10.2 Å². The van der Waals surface area contributed by atoms with Crippen LogP contribution in [0.3, 0.4) is 0 Å². The number of esters is 1. The number of nitrogens with one attached hydrogen (secondary N) is 2. The van der Waals surface area contributed by atoms with Crippen LogP contribution in [0.5, 0.6) is 0 Å². The number of ether oxygens (including phenoxy) is 1. The maximum atomic E-state index is 12.4. The number of fused-ring (bicyclic) bond motifs is 3. The molecule has 0 fully saturated rings. The van der Waals surface area contributed by atoms with Crippen LogP contribution in [0.4, 0.5) is 5.69 Å². The highest BCUT2D eigenvalue weighted by atomic mass is 16.5. The fourth-order valence-electron chi connectivity index (χ4n) is 5.09. The van der Waals surface area contributed by atoms with Crippen LogP contribution in [0.1, 0.15) is 28.9 Å². The summed E-state index contributed by atoms with van der Waals surface area (Å²) < 4.78 is 6.71. The molecule has 0 aliphatic heterocycles. The summed E-state index contributed by atoms with van der Waals surface area (Å²) in [5.41, 5.74) is 5.98. The fraction of sp³-hybridized carbons (Fsp3) is 0.129. The fourth-order valence-corrected chi connectivity index (χ4v) is 5.09. The average molecular weight is 531 g/mol. The number of aryl methyl sites for hydroxylation is 1. The normalized spacial score (nSPS) is 12.0. The number of para-hydroxylation sites is 1. The summed E-state index contributed by atoms with van der Waals surface area (Å²) in [6.07, 6.45) is 5.50. The number of hydrogen-bond donors (Lipinski definition) is 2. The molecule has 0 saturated heterocycles. The molecule has 0 saturated carbocycles. The molecular weight excluding hydrogens is 504 g/mol. The van der Waals surface area contributed by atoms with Crippen LogP contribution in [0.25, 0.3) is 44.1 Å². The number of carbonyl (C=O) groups is 1. The van der Waals surface area contributed by atoms with Crippen molar-refractivity contribution < 1.29 is 9.53 Å². The number of nitrogens with zero attached hydrogens (tertiary/aromatic N) is 4. The summed E-state index contributed by atoms with van der Waals surface area (Å²) in [5.74, 6) is -0.408. The lowest BCUT2D eigenvalue weighted by Crippen LogP contribution is -2.12. The number of aromatic nitrogens is 5. The molecule has 1 unspecified atom stereocenters. The van der Waals surface area contributed by atoms with Gasteiger partial charge in [0, 0.05) is 59.3 Å². The number of H-pyrrole nitrogens is 1. The number of pyridine rings is 1. The molecule has 0 amide bonds. The summed E-state index contributed by atoms with van der Waals surface area (Å²) in [6.45, 7) is 2.03. The molecule has 0 aliphatic rings. The SMILES string of the molecule is COC(=O)c1ccccc1NC(C)c1cccc2c1cc(-c1ccc(-c3cnn(C)c3)nc1)c1n[nH]c(=O)cc12. The van der Waals surface area contributed by atoms with Gasteiger partial charge in [-0.15, -0.1) is 0 Å². The summed E-state index contributed by atoms with van der Waals surface area (Å²) in [5, 5.41) is 17.3. The van der Waals surface area contributed by atoms with E-state index in [-0.39, 0.29) is 11.6 Å². The van der Waals surface area contributed by atoms with Crippen molar-refractivity contribution in [2.45, 2.75) is 13.0 Å². The molecule has 6 aromatic rings. The van der Waals surface area contributed by atoms with Gasteiger partial charge in [0.25, 0.3) is 5.56 Å². The van der Waals surface area contributed by atoms with Crippen molar-refractivity contribution in [3.05, 3.63) is 107 Å². The van der Waals surface area contributed by atoms with Gasteiger partial charge in [-0.3, -0.25) is 14.5 Å². The molecule has 6 rings (SSSR count). The first kappa shape index (κ1) is 25.0. The molecule has 3 heterocycles. The lowest BCUT2D eigenvalue weighted by Gasteiger charge is -2.20. The number of aromatic amines is 1. The van der Waals surface area contributed by atoms with Gasteiger partial charge >= 0.3 is 5.97 Å². The zero-order valence-electron chi connectivity index (χ0n) is 22.2. The minimum atomic E-state index is -0.408. The highest BCUT2D eigenvalue weighted by Crippen LogP contribution is 2.37. The number of methoxy groups -OCH3 is 1. The predicted octanol–water partition coefficient (Wildman–Crippen LogP) is 5.50. The molecule has 198 valence electrons. The van der Waals surface area contributed by atoms with Gasteiger partial charge in [-0.1, -0.05) is 36.4 Å². The van der Waals surface area contributed by atoms with Crippen molar-refractivity contribution in [1.82, 2.24) is 25.0 Å². The molecule has 9 nitrogen and oxygen atoms in total. The number of rotatable bonds is 6. The molecule has 2 N–H and O–H groups in total. The standard InChI is InChI=1S/C31H26N6O3/c1-18(34-28-10-5-4-7-23(28)31(39)40-3)21-8-6-9-22-25(21)13-24(30-26(22)14-29(38)35-36-30)19-11-12-27(32-15-19)20-16-33-37(2)17-20/h4-18,34H,1-3H3,(H,35,38). The quantitative estimate of drug-likeness (QED) is 0.216. The van der Waals surface area contributed by atoms with Crippen LogP contribution in [-0.2, 0) is 11.8 Å². The molecule has 40 heavy (non-hydrogen) atoms. The molecule has 3 aromatic carbocycles.